The highest BCUT2D eigenvalue weighted by molar-refractivity contribution is 5.81. The molecule has 0 amide bonds. The van der Waals surface area contributed by atoms with Crippen molar-refractivity contribution < 1.29 is 13.2 Å². The van der Waals surface area contributed by atoms with E-state index in [1.165, 1.54) is 12.4 Å². The molecule has 5 heteroatoms. The number of rotatable bonds is 2. The molecule has 0 fully saturated rings. The van der Waals surface area contributed by atoms with Crippen LogP contribution < -0.4 is 0 Å². The van der Waals surface area contributed by atoms with Crippen molar-refractivity contribution in [3.8, 4) is 0 Å². The summed E-state index contributed by atoms with van der Waals surface area (Å²) < 4.78 is 40.9. The fourth-order valence-electron chi connectivity index (χ4n) is 2.04. The quantitative estimate of drug-likeness (QED) is 0.739. The predicted octanol–water partition coefficient (Wildman–Crippen LogP) is 5.22. The summed E-state index contributed by atoms with van der Waals surface area (Å²) in [6, 6.07) is 2.90. The first-order valence-corrected chi connectivity index (χ1v) is 6.91. The molecule has 0 unspecified atom stereocenters. The van der Waals surface area contributed by atoms with Gasteiger partial charge in [0.25, 0.3) is 0 Å². The van der Waals surface area contributed by atoms with Crippen molar-refractivity contribution in [3.63, 3.8) is 0 Å². The van der Waals surface area contributed by atoms with Crippen molar-refractivity contribution in [1.82, 2.24) is 9.55 Å². The Morgan fingerprint density at radius 3 is 2.25 bits per heavy atom. The first-order valence-electron chi connectivity index (χ1n) is 6.91. The van der Waals surface area contributed by atoms with E-state index >= 15 is 0 Å². The van der Waals surface area contributed by atoms with E-state index in [0.717, 1.165) is 0 Å². The average molecular weight is 286 g/mol. The molecule has 0 aliphatic carbocycles. The summed E-state index contributed by atoms with van der Waals surface area (Å²) in [5.41, 5.74) is 0.650. The van der Waals surface area contributed by atoms with Gasteiger partial charge in [-0.15, -0.1) is 0 Å². The third-order valence-electron chi connectivity index (χ3n) is 3.00. The molecule has 2 nitrogen and oxygen atoms in total. The van der Waals surface area contributed by atoms with Gasteiger partial charge in [0.2, 0.25) is 0 Å². The van der Waals surface area contributed by atoms with Gasteiger partial charge in [0, 0.05) is 6.04 Å². The minimum atomic E-state index is -4.35. The molecule has 0 radical (unpaired) electrons. The Bertz CT molecular complexity index is 568. The van der Waals surface area contributed by atoms with Gasteiger partial charge in [0.15, 0.2) is 0 Å². The number of hydrogen-bond donors (Lipinski definition) is 0. The molecule has 0 spiro atoms. The molecule has 0 bridgehead atoms. The second kappa shape index (κ2) is 6.29. The van der Waals surface area contributed by atoms with E-state index in [-0.39, 0.29) is 11.6 Å². The Kier molecular flexibility index (Phi) is 5.20. The lowest BCUT2D eigenvalue weighted by Gasteiger charge is -2.14. The summed E-state index contributed by atoms with van der Waals surface area (Å²) in [4.78, 5) is 4.09. The van der Waals surface area contributed by atoms with E-state index < -0.39 is 11.7 Å². The van der Waals surface area contributed by atoms with Crippen LogP contribution >= 0.6 is 0 Å². The lowest BCUT2D eigenvalue weighted by atomic mass is 10.1. The summed E-state index contributed by atoms with van der Waals surface area (Å²) in [6.07, 6.45) is -2.31. The summed E-state index contributed by atoms with van der Waals surface area (Å²) in [6.45, 7) is 9.52. The summed E-state index contributed by atoms with van der Waals surface area (Å²) in [7, 11) is 0. The first-order chi connectivity index (χ1) is 9.34. The van der Waals surface area contributed by atoms with Gasteiger partial charge < -0.3 is 4.57 Å². The average Bonchev–Trinajstić information content (AvgIpc) is 2.82. The van der Waals surface area contributed by atoms with Crippen LogP contribution in [0.5, 0.6) is 0 Å². The van der Waals surface area contributed by atoms with E-state index in [0.29, 0.717) is 17.5 Å². The number of halogens is 3. The number of aromatic nitrogens is 2. The normalized spacial score (nSPS) is 11.7. The minimum absolute atomic E-state index is 0.0522. The van der Waals surface area contributed by atoms with Crippen LogP contribution in [0.15, 0.2) is 18.5 Å². The molecular weight excluding hydrogens is 265 g/mol. The highest BCUT2D eigenvalue weighted by atomic mass is 19.4. The van der Waals surface area contributed by atoms with E-state index in [1.807, 2.05) is 34.6 Å². The third kappa shape index (κ3) is 3.14. The number of fused-ring (bicyclic) bond motifs is 1. The minimum Gasteiger partial charge on any atom is -0.328 e. The number of aryl methyl sites for hydroxylation is 1. The van der Waals surface area contributed by atoms with Crippen LogP contribution in [0.2, 0.25) is 0 Å². The molecule has 20 heavy (non-hydrogen) atoms. The zero-order valence-electron chi connectivity index (χ0n) is 12.5. The number of alkyl halides is 3. The van der Waals surface area contributed by atoms with Crippen LogP contribution in [0.4, 0.5) is 13.2 Å². The maximum atomic E-state index is 13.1. The van der Waals surface area contributed by atoms with Gasteiger partial charge >= 0.3 is 6.18 Å². The van der Waals surface area contributed by atoms with Crippen LogP contribution in [-0.2, 0) is 12.6 Å². The monoisotopic (exact) mass is 286 g/mol. The standard InChI is InChI=1S/C13H15F3N2.C2H6/c1-4-9-5-10(13(14,15)16)12-11(6-9)17-7-18(12)8(2)3;1-2/h5-8H,4H2,1-3H3;1-2H3. The second-order valence-corrected chi connectivity index (χ2v) is 4.61. The topological polar surface area (TPSA) is 17.8 Å². The van der Waals surface area contributed by atoms with Crippen LogP contribution in [0.1, 0.15) is 51.8 Å². The summed E-state index contributed by atoms with van der Waals surface area (Å²) in [5, 5.41) is 0. The van der Waals surface area contributed by atoms with Crippen molar-refractivity contribution in [3.05, 3.63) is 29.6 Å². The Balaban J connectivity index is 0.000000956. The van der Waals surface area contributed by atoms with Gasteiger partial charge in [-0.3, -0.25) is 0 Å². The molecule has 0 saturated heterocycles. The molecule has 2 rings (SSSR count). The number of nitrogens with zero attached hydrogens (tertiary/aromatic N) is 2. The molecule has 0 atom stereocenters. The Morgan fingerprint density at radius 1 is 1.20 bits per heavy atom. The van der Waals surface area contributed by atoms with Crippen LogP contribution in [0.25, 0.3) is 11.0 Å². The zero-order valence-corrected chi connectivity index (χ0v) is 12.5. The molecule has 0 aliphatic heterocycles. The Labute approximate surface area is 117 Å². The van der Waals surface area contributed by atoms with Gasteiger partial charge in [0.05, 0.1) is 22.9 Å². The van der Waals surface area contributed by atoms with Gasteiger partial charge in [-0.2, -0.15) is 13.2 Å². The molecule has 1 aromatic heterocycles. The second-order valence-electron chi connectivity index (χ2n) is 4.61. The zero-order chi connectivity index (χ0) is 15.5. The van der Waals surface area contributed by atoms with E-state index in [2.05, 4.69) is 4.98 Å². The van der Waals surface area contributed by atoms with Crippen molar-refractivity contribution in [1.29, 1.82) is 0 Å². The fourth-order valence-corrected chi connectivity index (χ4v) is 2.04. The maximum Gasteiger partial charge on any atom is 0.418 e. The molecular formula is C15H21F3N2. The van der Waals surface area contributed by atoms with Crippen molar-refractivity contribution in [2.75, 3.05) is 0 Å². The molecule has 0 saturated carbocycles. The third-order valence-corrected chi connectivity index (χ3v) is 3.00. The van der Waals surface area contributed by atoms with Crippen molar-refractivity contribution in [2.24, 2.45) is 0 Å². The van der Waals surface area contributed by atoms with Gasteiger partial charge in [-0.1, -0.05) is 20.8 Å². The molecule has 1 aromatic carbocycles. The Morgan fingerprint density at radius 2 is 1.80 bits per heavy atom. The molecule has 0 aliphatic rings. The van der Waals surface area contributed by atoms with Crippen LogP contribution in [-0.4, -0.2) is 9.55 Å². The number of hydrogen-bond acceptors (Lipinski definition) is 1. The lowest BCUT2D eigenvalue weighted by Crippen LogP contribution is -2.10. The van der Waals surface area contributed by atoms with Crippen molar-refractivity contribution in [2.45, 2.75) is 53.3 Å². The molecule has 112 valence electrons. The predicted molar refractivity (Wildman–Crippen MR) is 75.8 cm³/mol. The Hall–Kier alpha value is -1.52. The molecule has 1 heterocycles. The van der Waals surface area contributed by atoms with Crippen LogP contribution in [0.3, 0.4) is 0 Å². The summed E-state index contributed by atoms with van der Waals surface area (Å²) in [5.74, 6) is 0. The van der Waals surface area contributed by atoms with Gasteiger partial charge in [0.1, 0.15) is 0 Å². The van der Waals surface area contributed by atoms with E-state index in [4.69, 9.17) is 0 Å². The number of imidazole rings is 1. The first kappa shape index (κ1) is 16.5. The van der Waals surface area contributed by atoms with E-state index in [1.54, 1.807) is 10.6 Å². The smallest absolute Gasteiger partial charge is 0.328 e. The van der Waals surface area contributed by atoms with E-state index in [9.17, 15) is 13.2 Å². The van der Waals surface area contributed by atoms with Crippen molar-refractivity contribution >= 4 is 11.0 Å². The maximum absolute atomic E-state index is 13.1. The highest BCUT2D eigenvalue weighted by Crippen LogP contribution is 2.36. The largest absolute Gasteiger partial charge is 0.418 e. The van der Waals surface area contributed by atoms with Gasteiger partial charge in [-0.25, -0.2) is 4.98 Å². The highest BCUT2D eigenvalue weighted by Gasteiger charge is 2.34. The van der Waals surface area contributed by atoms with Gasteiger partial charge in [-0.05, 0) is 38.0 Å². The SMILES string of the molecule is CC.CCc1cc(C(F)(F)F)c2c(c1)ncn2C(C)C. The van der Waals surface area contributed by atoms with Crippen LogP contribution in [0, 0.1) is 0 Å². The molecule has 0 N–H and O–H groups in total. The molecule has 2 aromatic rings. The summed E-state index contributed by atoms with van der Waals surface area (Å²) >= 11 is 0. The number of benzene rings is 1. The lowest BCUT2D eigenvalue weighted by molar-refractivity contribution is -0.136. The fraction of sp³-hybridized carbons (Fsp3) is 0.533.